The number of nitrogens with one attached hydrogen (secondary N) is 1. The van der Waals surface area contributed by atoms with E-state index in [0.717, 1.165) is 24.6 Å². The number of carbonyl (C=O) groups excluding carboxylic acids is 1. The molecule has 0 bridgehead atoms. The Kier molecular flexibility index (Phi) is 4.12. The summed E-state index contributed by atoms with van der Waals surface area (Å²) < 4.78 is 1.74. The summed E-state index contributed by atoms with van der Waals surface area (Å²) in [5, 5.41) is 2.82. The fourth-order valence-electron chi connectivity index (χ4n) is 2.88. The molecule has 3 heterocycles. The average molecular weight is 334 g/mol. The first-order valence-corrected chi connectivity index (χ1v) is 8.27. The molecule has 25 heavy (non-hydrogen) atoms. The quantitative estimate of drug-likeness (QED) is 0.793. The van der Waals surface area contributed by atoms with Crippen molar-refractivity contribution in [2.45, 2.75) is 12.8 Å². The molecule has 0 aliphatic carbocycles. The number of imidazole rings is 1. The molecule has 0 radical (unpaired) electrons. The number of carbonyl (C=O) groups is 1. The summed E-state index contributed by atoms with van der Waals surface area (Å²) in [4.78, 5) is 27.4. The number of rotatable bonds is 4. The summed E-state index contributed by atoms with van der Waals surface area (Å²) in [6.45, 7) is 2.04. The second kappa shape index (κ2) is 6.72. The molecule has 1 saturated heterocycles. The lowest BCUT2D eigenvalue weighted by atomic mass is 10.3. The summed E-state index contributed by atoms with van der Waals surface area (Å²) in [6.07, 6.45) is 7.19. The van der Waals surface area contributed by atoms with Gasteiger partial charge in [-0.15, -0.1) is 0 Å². The van der Waals surface area contributed by atoms with E-state index < -0.39 is 0 Å². The van der Waals surface area contributed by atoms with Gasteiger partial charge in [0.05, 0.1) is 0 Å². The number of nitrogens with zero attached hydrogens (tertiary/aromatic N) is 5. The molecule has 126 valence electrons. The predicted molar refractivity (Wildman–Crippen MR) is 95.0 cm³/mol. The number of benzene rings is 1. The Morgan fingerprint density at radius 3 is 2.56 bits per heavy atom. The van der Waals surface area contributed by atoms with Gasteiger partial charge in [-0.2, -0.15) is 0 Å². The van der Waals surface area contributed by atoms with E-state index in [-0.39, 0.29) is 5.91 Å². The molecule has 0 spiro atoms. The Labute approximate surface area is 145 Å². The normalized spacial score (nSPS) is 13.8. The number of aromatic nitrogens is 4. The summed E-state index contributed by atoms with van der Waals surface area (Å²) >= 11 is 0. The van der Waals surface area contributed by atoms with Crippen LogP contribution in [0.3, 0.4) is 0 Å². The Morgan fingerprint density at radius 2 is 1.76 bits per heavy atom. The van der Waals surface area contributed by atoms with Crippen LogP contribution in [-0.4, -0.2) is 38.5 Å². The van der Waals surface area contributed by atoms with E-state index in [2.05, 4.69) is 25.2 Å². The predicted octanol–water partition coefficient (Wildman–Crippen LogP) is 2.51. The molecule has 0 unspecified atom stereocenters. The molecule has 4 rings (SSSR count). The van der Waals surface area contributed by atoms with Crippen LogP contribution in [0.1, 0.15) is 23.3 Å². The fraction of sp³-hybridized carbons (Fsp3) is 0.222. The van der Waals surface area contributed by atoms with E-state index in [0.29, 0.717) is 11.5 Å². The van der Waals surface area contributed by atoms with Crippen molar-refractivity contribution < 1.29 is 4.79 Å². The van der Waals surface area contributed by atoms with Gasteiger partial charge >= 0.3 is 0 Å². The van der Waals surface area contributed by atoms with Crippen LogP contribution in [-0.2, 0) is 0 Å². The smallest absolute Gasteiger partial charge is 0.275 e. The summed E-state index contributed by atoms with van der Waals surface area (Å²) in [5.74, 6) is 1.36. The molecule has 0 atom stereocenters. The average Bonchev–Trinajstić information content (AvgIpc) is 3.35. The van der Waals surface area contributed by atoms with Crippen molar-refractivity contribution in [3.05, 3.63) is 60.9 Å². The highest BCUT2D eigenvalue weighted by Gasteiger charge is 2.15. The van der Waals surface area contributed by atoms with Crippen LogP contribution in [0.25, 0.3) is 5.82 Å². The first kappa shape index (κ1) is 15.3. The van der Waals surface area contributed by atoms with Crippen molar-refractivity contribution in [2.75, 3.05) is 23.3 Å². The van der Waals surface area contributed by atoms with Crippen molar-refractivity contribution in [3.8, 4) is 5.82 Å². The van der Waals surface area contributed by atoms with Crippen molar-refractivity contribution in [1.82, 2.24) is 19.5 Å². The molecule has 1 aliphatic rings. The Morgan fingerprint density at radius 1 is 1.00 bits per heavy atom. The number of hydrogen-bond donors (Lipinski definition) is 1. The zero-order valence-electron chi connectivity index (χ0n) is 13.7. The van der Waals surface area contributed by atoms with Gasteiger partial charge in [0.1, 0.15) is 30.0 Å². The monoisotopic (exact) mass is 334 g/mol. The lowest BCUT2D eigenvalue weighted by molar-refractivity contribution is 0.102. The summed E-state index contributed by atoms with van der Waals surface area (Å²) in [6, 6.07) is 11.2. The molecule has 7 heteroatoms. The number of para-hydroxylation sites is 1. The molecule has 1 aliphatic heterocycles. The fourth-order valence-corrected chi connectivity index (χ4v) is 2.88. The van der Waals surface area contributed by atoms with Gasteiger partial charge in [0.25, 0.3) is 5.91 Å². The number of anilines is 2. The highest BCUT2D eigenvalue weighted by molar-refractivity contribution is 6.02. The lowest BCUT2D eigenvalue weighted by Crippen LogP contribution is -2.19. The van der Waals surface area contributed by atoms with Crippen LogP contribution in [0.15, 0.2) is 55.2 Å². The zero-order valence-corrected chi connectivity index (χ0v) is 13.7. The van der Waals surface area contributed by atoms with E-state index in [1.54, 1.807) is 23.4 Å². The molecule has 2 aromatic heterocycles. The van der Waals surface area contributed by atoms with E-state index in [1.807, 2.05) is 36.4 Å². The van der Waals surface area contributed by atoms with Gasteiger partial charge in [0, 0.05) is 31.0 Å². The molecule has 1 amide bonds. The molecule has 1 N–H and O–H groups in total. The van der Waals surface area contributed by atoms with Crippen LogP contribution in [0.5, 0.6) is 0 Å². The lowest BCUT2D eigenvalue weighted by Gasteiger charge is -2.16. The first-order chi connectivity index (χ1) is 12.3. The van der Waals surface area contributed by atoms with Crippen LogP contribution in [0.4, 0.5) is 11.5 Å². The summed E-state index contributed by atoms with van der Waals surface area (Å²) in [7, 11) is 0. The molecule has 1 fully saturated rings. The minimum absolute atomic E-state index is 0.251. The van der Waals surface area contributed by atoms with Crippen molar-refractivity contribution in [3.63, 3.8) is 0 Å². The minimum Gasteiger partial charge on any atom is -0.356 e. The Bertz CT molecular complexity index is 870. The van der Waals surface area contributed by atoms with Crippen LogP contribution < -0.4 is 10.2 Å². The molecule has 1 aromatic carbocycles. The number of hydrogen-bond acceptors (Lipinski definition) is 5. The van der Waals surface area contributed by atoms with Crippen molar-refractivity contribution in [2.24, 2.45) is 0 Å². The maximum absolute atomic E-state index is 12.3. The second-order valence-corrected chi connectivity index (χ2v) is 5.91. The number of amides is 1. The van der Waals surface area contributed by atoms with Gasteiger partial charge < -0.3 is 10.2 Å². The molecular formula is C18H18N6O. The highest BCUT2D eigenvalue weighted by atomic mass is 16.1. The topological polar surface area (TPSA) is 75.9 Å². The maximum Gasteiger partial charge on any atom is 0.275 e. The second-order valence-electron chi connectivity index (χ2n) is 5.91. The van der Waals surface area contributed by atoms with Crippen molar-refractivity contribution >= 4 is 17.4 Å². The largest absolute Gasteiger partial charge is 0.356 e. The maximum atomic E-state index is 12.3. The van der Waals surface area contributed by atoms with E-state index >= 15 is 0 Å². The molecule has 0 saturated carbocycles. The van der Waals surface area contributed by atoms with Gasteiger partial charge in [-0.05, 0) is 25.0 Å². The van der Waals surface area contributed by atoms with E-state index in [4.69, 9.17) is 0 Å². The van der Waals surface area contributed by atoms with Gasteiger partial charge in [0.15, 0.2) is 0 Å². The van der Waals surface area contributed by atoms with Crippen LogP contribution >= 0.6 is 0 Å². The van der Waals surface area contributed by atoms with Gasteiger partial charge in [-0.1, -0.05) is 18.2 Å². The third kappa shape index (κ3) is 3.35. The Hall–Kier alpha value is -3.22. The van der Waals surface area contributed by atoms with Crippen LogP contribution in [0, 0.1) is 0 Å². The molecule has 7 nitrogen and oxygen atoms in total. The van der Waals surface area contributed by atoms with Crippen LogP contribution in [0.2, 0.25) is 0 Å². The molecular weight excluding hydrogens is 316 g/mol. The standard InChI is InChI=1S/C18H18N6O/c25-18(22-14-6-2-1-3-7-14)15-11-24(13-21-15)17-10-16(19-12-20-17)23-8-4-5-9-23/h1-3,6-7,10-13H,4-5,8-9H2,(H,22,25). The molecule has 3 aromatic rings. The zero-order chi connectivity index (χ0) is 17.1. The highest BCUT2D eigenvalue weighted by Crippen LogP contribution is 2.19. The SMILES string of the molecule is O=C(Nc1ccccc1)c1cn(-c2cc(N3CCCC3)ncn2)cn1. The van der Waals surface area contributed by atoms with E-state index in [9.17, 15) is 4.79 Å². The minimum atomic E-state index is -0.251. The van der Waals surface area contributed by atoms with Gasteiger partial charge in [-0.25, -0.2) is 15.0 Å². The third-order valence-corrected chi connectivity index (χ3v) is 4.18. The third-order valence-electron chi connectivity index (χ3n) is 4.18. The Balaban J connectivity index is 1.53. The van der Waals surface area contributed by atoms with E-state index in [1.165, 1.54) is 12.8 Å². The summed E-state index contributed by atoms with van der Waals surface area (Å²) in [5.41, 5.74) is 1.07. The first-order valence-electron chi connectivity index (χ1n) is 8.27. The van der Waals surface area contributed by atoms with Crippen molar-refractivity contribution in [1.29, 1.82) is 0 Å². The van der Waals surface area contributed by atoms with Gasteiger partial charge in [0.2, 0.25) is 0 Å². The van der Waals surface area contributed by atoms with Gasteiger partial charge in [-0.3, -0.25) is 9.36 Å².